The van der Waals surface area contributed by atoms with Gasteiger partial charge in [0.2, 0.25) is 0 Å². The number of methoxy groups -OCH3 is 1. The Hall–Kier alpha value is -1.53. The lowest BCUT2D eigenvalue weighted by atomic mass is 9.86. The molecule has 3 heteroatoms. The predicted octanol–water partition coefficient (Wildman–Crippen LogP) is 2.88. The van der Waals surface area contributed by atoms with Gasteiger partial charge in [-0.25, -0.2) is 0 Å². The Morgan fingerprint density at radius 2 is 1.94 bits per heavy atom. The molecule has 1 aromatic carbocycles. The van der Waals surface area contributed by atoms with E-state index < -0.39 is 0 Å². The maximum atomic E-state index is 9.10. The highest BCUT2D eigenvalue weighted by atomic mass is 16.5. The maximum Gasteiger partial charge on any atom is 0.137 e. The molecule has 0 heterocycles. The molecule has 0 radical (unpaired) electrons. The molecule has 0 aliphatic rings. The van der Waals surface area contributed by atoms with Crippen LogP contribution in [0.5, 0.6) is 5.75 Å². The van der Waals surface area contributed by atoms with Crippen LogP contribution in [0.1, 0.15) is 31.9 Å². The summed E-state index contributed by atoms with van der Waals surface area (Å²) in [5.74, 6) is 0.623. The molecular formula is C14H19NO2. The van der Waals surface area contributed by atoms with Gasteiger partial charge in [0.05, 0.1) is 12.2 Å². The van der Waals surface area contributed by atoms with Crippen LogP contribution in [0.25, 0.3) is 0 Å². The summed E-state index contributed by atoms with van der Waals surface area (Å²) in [4.78, 5) is 0. The molecule has 1 aromatic rings. The van der Waals surface area contributed by atoms with Crippen molar-refractivity contribution in [2.75, 3.05) is 20.3 Å². The highest BCUT2D eigenvalue weighted by Gasteiger charge is 2.15. The quantitative estimate of drug-likeness (QED) is 0.751. The number of benzene rings is 1. The van der Waals surface area contributed by atoms with Crippen LogP contribution in [0.2, 0.25) is 0 Å². The predicted molar refractivity (Wildman–Crippen MR) is 67.2 cm³/mol. The first-order chi connectivity index (χ1) is 7.99. The van der Waals surface area contributed by atoms with Gasteiger partial charge >= 0.3 is 0 Å². The van der Waals surface area contributed by atoms with Crippen molar-refractivity contribution in [3.8, 4) is 11.8 Å². The summed E-state index contributed by atoms with van der Waals surface area (Å²) in [7, 11) is 1.62. The van der Waals surface area contributed by atoms with Crippen LogP contribution < -0.4 is 4.74 Å². The normalized spacial score (nSPS) is 11.0. The van der Waals surface area contributed by atoms with E-state index in [0.29, 0.717) is 24.5 Å². The Kier molecular flexibility index (Phi) is 4.53. The van der Waals surface area contributed by atoms with Crippen molar-refractivity contribution in [1.29, 1.82) is 5.26 Å². The van der Waals surface area contributed by atoms with E-state index in [2.05, 4.69) is 26.8 Å². The van der Waals surface area contributed by atoms with Gasteiger partial charge in [-0.3, -0.25) is 0 Å². The molecule has 0 unspecified atom stereocenters. The summed E-state index contributed by atoms with van der Waals surface area (Å²) >= 11 is 0. The summed E-state index contributed by atoms with van der Waals surface area (Å²) in [5, 5.41) is 9.10. The monoisotopic (exact) mass is 233 g/mol. The van der Waals surface area contributed by atoms with Gasteiger partial charge < -0.3 is 9.47 Å². The second-order valence-electron chi connectivity index (χ2n) is 4.91. The third-order valence-corrected chi connectivity index (χ3v) is 2.51. The van der Waals surface area contributed by atoms with E-state index in [1.165, 1.54) is 0 Å². The van der Waals surface area contributed by atoms with E-state index in [-0.39, 0.29) is 5.41 Å². The molecule has 0 aliphatic carbocycles. The zero-order valence-corrected chi connectivity index (χ0v) is 10.9. The number of hydrogen-bond donors (Lipinski definition) is 0. The minimum absolute atomic E-state index is 0.0384. The number of nitrogens with zero attached hydrogens (tertiary/aromatic N) is 1. The van der Waals surface area contributed by atoms with Crippen LogP contribution in [0.4, 0.5) is 0 Å². The van der Waals surface area contributed by atoms with Crippen molar-refractivity contribution in [3.05, 3.63) is 29.3 Å². The molecule has 0 saturated carbocycles. The number of nitriles is 1. The lowest BCUT2D eigenvalue weighted by molar-refractivity contribution is 0.146. The van der Waals surface area contributed by atoms with Crippen molar-refractivity contribution < 1.29 is 9.47 Å². The average Bonchev–Trinajstić information content (AvgIpc) is 2.28. The Balaban J connectivity index is 2.91. The first-order valence-corrected chi connectivity index (χ1v) is 5.65. The molecule has 0 atom stereocenters. The fourth-order valence-corrected chi connectivity index (χ4v) is 1.44. The highest BCUT2D eigenvalue weighted by Crippen LogP contribution is 2.27. The minimum Gasteiger partial charge on any atom is -0.490 e. The van der Waals surface area contributed by atoms with Gasteiger partial charge in [0.1, 0.15) is 18.4 Å². The topological polar surface area (TPSA) is 42.2 Å². The standard InChI is InChI=1S/C14H19NO2/c1-14(2,3)12-5-6-13(11(9-12)10-15)17-8-7-16-4/h5-6,9H,7-8H2,1-4H3. The van der Waals surface area contributed by atoms with Gasteiger partial charge in [0.15, 0.2) is 0 Å². The van der Waals surface area contributed by atoms with Gasteiger partial charge in [-0.2, -0.15) is 5.26 Å². The van der Waals surface area contributed by atoms with Gasteiger partial charge in [-0.05, 0) is 23.1 Å². The molecule has 3 nitrogen and oxygen atoms in total. The third-order valence-electron chi connectivity index (χ3n) is 2.51. The lowest BCUT2D eigenvalue weighted by Crippen LogP contribution is -2.12. The third kappa shape index (κ3) is 3.76. The number of rotatable bonds is 4. The second kappa shape index (κ2) is 5.70. The van der Waals surface area contributed by atoms with Gasteiger partial charge in [-0.1, -0.05) is 26.8 Å². The van der Waals surface area contributed by atoms with Crippen molar-refractivity contribution in [3.63, 3.8) is 0 Å². The first kappa shape index (κ1) is 13.5. The Labute approximate surface area is 103 Å². The van der Waals surface area contributed by atoms with E-state index in [4.69, 9.17) is 14.7 Å². The summed E-state index contributed by atoms with van der Waals surface area (Å²) < 4.78 is 10.4. The van der Waals surface area contributed by atoms with Gasteiger partial charge in [0, 0.05) is 7.11 Å². The lowest BCUT2D eigenvalue weighted by Gasteiger charge is -2.20. The highest BCUT2D eigenvalue weighted by molar-refractivity contribution is 5.46. The van der Waals surface area contributed by atoms with Gasteiger partial charge in [-0.15, -0.1) is 0 Å². The van der Waals surface area contributed by atoms with Crippen LogP contribution in [0.3, 0.4) is 0 Å². The molecule has 0 N–H and O–H groups in total. The molecule has 0 amide bonds. The fourth-order valence-electron chi connectivity index (χ4n) is 1.44. The van der Waals surface area contributed by atoms with Crippen LogP contribution in [0, 0.1) is 11.3 Å². The molecule has 0 fully saturated rings. The maximum absolute atomic E-state index is 9.10. The number of hydrogen-bond acceptors (Lipinski definition) is 3. The van der Waals surface area contributed by atoms with Crippen LogP contribution in [0.15, 0.2) is 18.2 Å². The van der Waals surface area contributed by atoms with Crippen LogP contribution in [-0.2, 0) is 10.2 Å². The van der Waals surface area contributed by atoms with Crippen molar-refractivity contribution in [2.45, 2.75) is 26.2 Å². The number of ether oxygens (including phenoxy) is 2. The summed E-state index contributed by atoms with van der Waals surface area (Å²) in [5.41, 5.74) is 1.75. The average molecular weight is 233 g/mol. The Morgan fingerprint density at radius 1 is 1.24 bits per heavy atom. The van der Waals surface area contributed by atoms with E-state index in [0.717, 1.165) is 5.56 Å². The largest absolute Gasteiger partial charge is 0.490 e. The summed E-state index contributed by atoms with van der Waals surface area (Å²) in [6, 6.07) is 7.92. The molecule has 0 bridgehead atoms. The van der Waals surface area contributed by atoms with Crippen LogP contribution >= 0.6 is 0 Å². The van der Waals surface area contributed by atoms with Crippen molar-refractivity contribution in [2.24, 2.45) is 0 Å². The zero-order valence-electron chi connectivity index (χ0n) is 10.9. The molecule has 0 spiro atoms. The first-order valence-electron chi connectivity index (χ1n) is 5.65. The molecular weight excluding hydrogens is 214 g/mol. The molecule has 0 aliphatic heterocycles. The minimum atomic E-state index is 0.0384. The Bertz CT molecular complexity index is 413. The van der Waals surface area contributed by atoms with Crippen molar-refractivity contribution in [1.82, 2.24) is 0 Å². The second-order valence-corrected chi connectivity index (χ2v) is 4.91. The molecule has 0 aromatic heterocycles. The van der Waals surface area contributed by atoms with E-state index in [9.17, 15) is 0 Å². The fraction of sp³-hybridized carbons (Fsp3) is 0.500. The smallest absolute Gasteiger partial charge is 0.137 e. The van der Waals surface area contributed by atoms with Crippen molar-refractivity contribution >= 4 is 0 Å². The van der Waals surface area contributed by atoms with Gasteiger partial charge in [0.25, 0.3) is 0 Å². The molecule has 1 rings (SSSR count). The SMILES string of the molecule is COCCOc1ccc(C(C)(C)C)cc1C#N. The summed E-state index contributed by atoms with van der Waals surface area (Å²) in [6.07, 6.45) is 0. The Morgan fingerprint density at radius 3 is 2.47 bits per heavy atom. The van der Waals surface area contributed by atoms with E-state index >= 15 is 0 Å². The molecule has 92 valence electrons. The van der Waals surface area contributed by atoms with Crippen LogP contribution in [-0.4, -0.2) is 20.3 Å². The van der Waals surface area contributed by atoms with E-state index in [1.54, 1.807) is 7.11 Å². The van der Waals surface area contributed by atoms with E-state index in [1.807, 2.05) is 18.2 Å². The zero-order chi connectivity index (χ0) is 12.9. The molecule has 17 heavy (non-hydrogen) atoms. The summed E-state index contributed by atoms with van der Waals surface area (Å²) in [6.45, 7) is 7.34. The molecule has 0 saturated heterocycles.